The molecule has 0 aliphatic carbocycles. The van der Waals surface area contributed by atoms with Gasteiger partial charge in [0.15, 0.2) is 0 Å². The van der Waals surface area contributed by atoms with Crippen LogP contribution in [0.3, 0.4) is 0 Å². The molecule has 0 spiro atoms. The van der Waals surface area contributed by atoms with Crippen molar-refractivity contribution >= 4 is 9.24 Å². The molecule has 2 heteroatoms. The Kier molecular flexibility index (Phi) is 15.7. The normalized spacial score (nSPS) is 7.71. The Hall–Kier alpha value is 1.03. The second kappa shape index (κ2) is 10.1. The van der Waals surface area contributed by atoms with Gasteiger partial charge in [-0.25, -0.2) is 0 Å². The maximum Gasteiger partial charge on any atom is 1.00 e. The Morgan fingerprint density at radius 3 is 2.00 bits per heavy atom. The van der Waals surface area contributed by atoms with Crippen molar-refractivity contribution in [2.24, 2.45) is 0 Å². The van der Waals surface area contributed by atoms with Crippen LogP contribution in [0.4, 0.5) is 0 Å². The molecule has 0 amide bonds. The van der Waals surface area contributed by atoms with E-state index in [1.807, 2.05) is 0 Å². The minimum atomic E-state index is 0. The molecule has 0 fully saturated rings. The van der Waals surface area contributed by atoms with Gasteiger partial charge in [-0.05, 0) is 6.16 Å². The first-order valence-corrected chi connectivity index (χ1v) is 3.22. The maximum absolute atomic E-state index is 3.71. The summed E-state index contributed by atoms with van der Waals surface area (Å²) in [5.41, 5.74) is 0. The second-order valence-electron chi connectivity index (χ2n) is 1.35. The third-order valence-electron chi connectivity index (χ3n) is 0.704. The Bertz CT molecular complexity index is 20.0. The van der Waals surface area contributed by atoms with Crippen LogP contribution in [-0.2, 0) is 0 Å². The summed E-state index contributed by atoms with van der Waals surface area (Å²) in [5, 5.41) is 0. The van der Waals surface area contributed by atoms with E-state index in [2.05, 4.69) is 16.2 Å². The Balaban J connectivity index is 0. The van der Waals surface area contributed by atoms with E-state index in [4.69, 9.17) is 0 Å². The minimum absolute atomic E-state index is 0. The SMILES string of the molecule is [CH2-]CCCCP.[Li+]. The van der Waals surface area contributed by atoms with Crippen LogP contribution in [0.5, 0.6) is 0 Å². The van der Waals surface area contributed by atoms with Crippen LogP contribution in [0.15, 0.2) is 0 Å². The van der Waals surface area contributed by atoms with Crippen molar-refractivity contribution in [3.8, 4) is 0 Å². The van der Waals surface area contributed by atoms with Crippen molar-refractivity contribution < 1.29 is 18.9 Å². The van der Waals surface area contributed by atoms with Gasteiger partial charge in [0.2, 0.25) is 0 Å². The summed E-state index contributed by atoms with van der Waals surface area (Å²) in [5.74, 6) is 0. The first kappa shape index (κ1) is 10.9. The Morgan fingerprint density at radius 2 is 1.86 bits per heavy atom. The van der Waals surface area contributed by atoms with Gasteiger partial charge in [0.05, 0.1) is 0 Å². The zero-order valence-electron chi connectivity index (χ0n) is 5.11. The van der Waals surface area contributed by atoms with Crippen LogP contribution in [0, 0.1) is 6.92 Å². The molecule has 7 heavy (non-hydrogen) atoms. The molecule has 38 valence electrons. The number of hydrogen-bond acceptors (Lipinski definition) is 0. The van der Waals surface area contributed by atoms with E-state index in [0.29, 0.717) is 0 Å². The van der Waals surface area contributed by atoms with Crippen LogP contribution in [0.2, 0.25) is 0 Å². The average Bonchev–Trinajstić information content (AvgIpc) is 1.61. The van der Waals surface area contributed by atoms with Gasteiger partial charge < -0.3 is 6.92 Å². The molecule has 1 atom stereocenters. The predicted molar refractivity (Wildman–Crippen MR) is 33.8 cm³/mol. The van der Waals surface area contributed by atoms with Crippen LogP contribution < -0.4 is 18.9 Å². The molecule has 0 saturated heterocycles. The van der Waals surface area contributed by atoms with E-state index < -0.39 is 0 Å². The van der Waals surface area contributed by atoms with E-state index in [0.717, 1.165) is 6.42 Å². The molecule has 0 aliphatic rings. The molecule has 0 aromatic carbocycles. The predicted octanol–water partition coefficient (Wildman–Crippen LogP) is -1.13. The molecular weight excluding hydrogens is 98.0 g/mol. The van der Waals surface area contributed by atoms with E-state index in [-0.39, 0.29) is 18.9 Å². The summed E-state index contributed by atoms with van der Waals surface area (Å²) in [6.45, 7) is 3.71. The summed E-state index contributed by atoms with van der Waals surface area (Å²) in [6, 6.07) is 0. The van der Waals surface area contributed by atoms with Crippen molar-refractivity contribution in [2.75, 3.05) is 6.16 Å². The van der Waals surface area contributed by atoms with Crippen LogP contribution >= 0.6 is 9.24 Å². The zero-order chi connectivity index (χ0) is 4.83. The minimum Gasteiger partial charge on any atom is -0.343 e. The van der Waals surface area contributed by atoms with E-state index in [9.17, 15) is 0 Å². The van der Waals surface area contributed by atoms with Gasteiger partial charge in [-0.2, -0.15) is 6.42 Å². The molecule has 0 bridgehead atoms. The van der Waals surface area contributed by atoms with E-state index >= 15 is 0 Å². The molecule has 0 heterocycles. The topological polar surface area (TPSA) is 0 Å². The zero-order valence-corrected chi connectivity index (χ0v) is 6.27. The van der Waals surface area contributed by atoms with Gasteiger partial charge in [0.25, 0.3) is 0 Å². The fourth-order valence-corrected chi connectivity index (χ4v) is 0.610. The molecule has 0 radical (unpaired) electrons. The number of unbranched alkanes of at least 4 members (excludes halogenated alkanes) is 2. The standard InChI is InChI=1S/C5H12P.Li/c1-2-3-4-5-6;/h1-6H2;/q-1;+1. The van der Waals surface area contributed by atoms with Crippen LogP contribution in [0.1, 0.15) is 19.3 Å². The van der Waals surface area contributed by atoms with Crippen molar-refractivity contribution in [3.05, 3.63) is 6.92 Å². The van der Waals surface area contributed by atoms with Crippen LogP contribution in [0.25, 0.3) is 0 Å². The number of hydrogen-bond donors (Lipinski definition) is 0. The van der Waals surface area contributed by atoms with Gasteiger partial charge in [0, 0.05) is 0 Å². The molecule has 1 unspecified atom stereocenters. The molecule has 0 nitrogen and oxygen atoms in total. The molecule has 0 N–H and O–H groups in total. The van der Waals surface area contributed by atoms with Gasteiger partial charge >= 0.3 is 18.9 Å². The summed E-state index contributed by atoms with van der Waals surface area (Å²) in [4.78, 5) is 0. The van der Waals surface area contributed by atoms with E-state index in [1.54, 1.807) is 0 Å². The largest absolute Gasteiger partial charge is 1.00 e. The smallest absolute Gasteiger partial charge is 0.343 e. The van der Waals surface area contributed by atoms with Crippen molar-refractivity contribution in [2.45, 2.75) is 19.3 Å². The van der Waals surface area contributed by atoms with E-state index in [1.165, 1.54) is 19.0 Å². The van der Waals surface area contributed by atoms with Gasteiger partial charge in [-0.15, -0.1) is 9.24 Å². The van der Waals surface area contributed by atoms with Gasteiger partial charge in [0.1, 0.15) is 0 Å². The fraction of sp³-hybridized carbons (Fsp3) is 0.800. The monoisotopic (exact) mass is 110 g/mol. The second-order valence-corrected chi connectivity index (χ2v) is 1.93. The quantitative estimate of drug-likeness (QED) is 0.187. The van der Waals surface area contributed by atoms with Crippen molar-refractivity contribution in [1.82, 2.24) is 0 Å². The van der Waals surface area contributed by atoms with Crippen LogP contribution in [-0.4, -0.2) is 6.16 Å². The third kappa shape index (κ3) is 11.0. The molecular formula is C5H12LiP. The molecule has 0 aliphatic heterocycles. The number of rotatable bonds is 3. The Morgan fingerprint density at radius 1 is 1.29 bits per heavy atom. The summed E-state index contributed by atoms with van der Waals surface area (Å²) in [6.07, 6.45) is 4.92. The maximum atomic E-state index is 3.71. The Labute approximate surface area is 60.8 Å². The van der Waals surface area contributed by atoms with Gasteiger partial charge in [-0.3, -0.25) is 0 Å². The van der Waals surface area contributed by atoms with Crippen molar-refractivity contribution in [3.63, 3.8) is 0 Å². The first-order chi connectivity index (χ1) is 2.91. The molecule has 0 rings (SSSR count). The summed E-state index contributed by atoms with van der Waals surface area (Å²) < 4.78 is 0. The third-order valence-corrected chi connectivity index (χ3v) is 1.11. The van der Waals surface area contributed by atoms with Crippen molar-refractivity contribution in [1.29, 1.82) is 0 Å². The molecule has 0 saturated carbocycles. The average molecular weight is 110 g/mol. The van der Waals surface area contributed by atoms with Gasteiger partial charge in [-0.1, -0.05) is 12.8 Å². The first-order valence-electron chi connectivity index (χ1n) is 2.41. The molecule has 0 aromatic heterocycles. The summed E-state index contributed by atoms with van der Waals surface area (Å²) in [7, 11) is 2.70. The summed E-state index contributed by atoms with van der Waals surface area (Å²) >= 11 is 0. The fourth-order valence-electron chi connectivity index (χ4n) is 0.321. The molecule has 0 aromatic rings.